The van der Waals surface area contributed by atoms with Crippen molar-refractivity contribution in [3.8, 4) is 11.3 Å². The predicted octanol–water partition coefficient (Wildman–Crippen LogP) is 4.92. The molecule has 1 aromatic heterocycles. The largest absolute Gasteiger partial charge is 0.475 e. The van der Waals surface area contributed by atoms with Crippen LogP contribution >= 0.6 is 0 Å². The number of hydrogen-bond donors (Lipinski definition) is 1. The van der Waals surface area contributed by atoms with E-state index in [0.29, 0.717) is 17.1 Å². The highest BCUT2D eigenvalue weighted by Crippen LogP contribution is 2.35. The van der Waals surface area contributed by atoms with Gasteiger partial charge in [0.25, 0.3) is 0 Å². The first-order chi connectivity index (χ1) is 10.1. The van der Waals surface area contributed by atoms with Crippen LogP contribution in [0.5, 0.6) is 0 Å². The first-order valence-electron chi connectivity index (χ1n) is 6.93. The van der Waals surface area contributed by atoms with Crippen molar-refractivity contribution in [1.82, 2.24) is 0 Å². The zero-order valence-corrected chi connectivity index (χ0v) is 12.0. The Labute approximate surface area is 122 Å². The van der Waals surface area contributed by atoms with Gasteiger partial charge in [-0.2, -0.15) is 0 Å². The summed E-state index contributed by atoms with van der Waals surface area (Å²) in [4.78, 5) is 11.4. The molecule has 0 saturated heterocycles. The molecule has 3 aromatic rings. The van der Waals surface area contributed by atoms with E-state index in [1.54, 1.807) is 0 Å². The van der Waals surface area contributed by atoms with Crippen molar-refractivity contribution in [2.75, 3.05) is 0 Å². The third-order valence-corrected chi connectivity index (χ3v) is 3.63. The lowest BCUT2D eigenvalue weighted by Crippen LogP contribution is -1.93. The Bertz CT molecular complexity index is 798. The first-order valence-corrected chi connectivity index (χ1v) is 6.93. The van der Waals surface area contributed by atoms with Crippen molar-refractivity contribution in [2.24, 2.45) is 0 Å². The molecule has 0 fully saturated rings. The normalized spacial score (nSPS) is 11.2. The molecule has 0 spiro atoms. The van der Waals surface area contributed by atoms with Gasteiger partial charge in [-0.1, -0.05) is 50.2 Å². The fraction of sp³-hybridized carbons (Fsp3) is 0.167. The van der Waals surface area contributed by atoms with Gasteiger partial charge in [-0.15, -0.1) is 0 Å². The third-order valence-electron chi connectivity index (χ3n) is 3.63. The van der Waals surface area contributed by atoms with Gasteiger partial charge in [0.1, 0.15) is 5.76 Å². The second-order valence-corrected chi connectivity index (χ2v) is 5.39. The summed E-state index contributed by atoms with van der Waals surface area (Å²) in [6.07, 6.45) is 0. The molecule has 0 aliphatic carbocycles. The van der Waals surface area contributed by atoms with Crippen molar-refractivity contribution < 1.29 is 14.3 Å². The molecule has 0 bridgehead atoms. The number of carbonyl (C=O) groups is 1. The standard InChI is InChI=1S/C18H16O3/c1-11(2)13-8-9-14-15(10-13)16(21-17(14)18(19)20)12-6-4-3-5-7-12/h3-11H,1-2H3,(H,19,20). The average Bonchev–Trinajstić information content (AvgIpc) is 2.87. The first kappa shape index (κ1) is 13.4. The molecule has 21 heavy (non-hydrogen) atoms. The molecule has 0 saturated carbocycles. The molecule has 0 unspecified atom stereocenters. The van der Waals surface area contributed by atoms with Gasteiger partial charge in [0, 0.05) is 16.3 Å². The van der Waals surface area contributed by atoms with Crippen LogP contribution in [0.1, 0.15) is 35.9 Å². The molecule has 3 rings (SSSR count). The van der Waals surface area contributed by atoms with E-state index < -0.39 is 5.97 Å². The van der Waals surface area contributed by atoms with Gasteiger partial charge >= 0.3 is 5.97 Å². The maximum atomic E-state index is 11.4. The number of furan rings is 1. The summed E-state index contributed by atoms with van der Waals surface area (Å²) < 4.78 is 5.65. The van der Waals surface area contributed by atoms with Gasteiger partial charge in [-0.25, -0.2) is 4.79 Å². The van der Waals surface area contributed by atoms with Crippen molar-refractivity contribution in [3.63, 3.8) is 0 Å². The summed E-state index contributed by atoms with van der Waals surface area (Å²) in [5.74, 6) is -0.0506. The monoisotopic (exact) mass is 280 g/mol. The van der Waals surface area contributed by atoms with E-state index in [2.05, 4.69) is 13.8 Å². The van der Waals surface area contributed by atoms with E-state index in [9.17, 15) is 9.90 Å². The van der Waals surface area contributed by atoms with E-state index in [1.165, 1.54) is 0 Å². The zero-order chi connectivity index (χ0) is 15.0. The summed E-state index contributed by atoms with van der Waals surface area (Å²) in [5.41, 5.74) is 2.05. The Balaban J connectivity index is 2.32. The van der Waals surface area contributed by atoms with Crippen LogP contribution < -0.4 is 0 Å². The van der Waals surface area contributed by atoms with Gasteiger partial charge in [-0.3, -0.25) is 0 Å². The molecule has 106 valence electrons. The van der Waals surface area contributed by atoms with Gasteiger partial charge in [0.05, 0.1) is 0 Å². The van der Waals surface area contributed by atoms with Crippen LogP contribution in [0, 0.1) is 0 Å². The molecule has 0 amide bonds. The molecule has 0 aliphatic heterocycles. The summed E-state index contributed by atoms with van der Waals surface area (Å²) in [7, 11) is 0. The molecular formula is C18H16O3. The number of rotatable bonds is 3. The molecule has 3 nitrogen and oxygen atoms in total. The maximum absolute atomic E-state index is 11.4. The summed E-state index contributed by atoms with van der Waals surface area (Å²) in [5, 5.41) is 10.8. The Kier molecular flexibility index (Phi) is 3.26. The molecule has 1 N–H and O–H groups in total. The number of carboxylic acids is 1. The lowest BCUT2D eigenvalue weighted by atomic mass is 9.98. The number of fused-ring (bicyclic) bond motifs is 1. The van der Waals surface area contributed by atoms with Crippen molar-refractivity contribution in [2.45, 2.75) is 19.8 Å². The van der Waals surface area contributed by atoms with Gasteiger partial charge in [0.15, 0.2) is 0 Å². The molecule has 0 aliphatic rings. The number of benzene rings is 2. The molecule has 3 heteroatoms. The highest BCUT2D eigenvalue weighted by atomic mass is 16.4. The van der Waals surface area contributed by atoms with Crippen LogP contribution in [0.2, 0.25) is 0 Å². The molecular weight excluding hydrogens is 264 g/mol. The van der Waals surface area contributed by atoms with Crippen LogP contribution in [0.25, 0.3) is 22.1 Å². The minimum Gasteiger partial charge on any atom is -0.475 e. The number of aromatic carboxylic acids is 1. The van der Waals surface area contributed by atoms with E-state index in [-0.39, 0.29) is 5.76 Å². The van der Waals surface area contributed by atoms with Crippen LogP contribution in [0.15, 0.2) is 52.9 Å². The fourth-order valence-corrected chi connectivity index (χ4v) is 2.48. The van der Waals surface area contributed by atoms with E-state index >= 15 is 0 Å². The Morgan fingerprint density at radius 1 is 1.05 bits per heavy atom. The molecule has 0 atom stereocenters. The molecule has 1 heterocycles. The zero-order valence-electron chi connectivity index (χ0n) is 12.0. The average molecular weight is 280 g/mol. The number of hydrogen-bond acceptors (Lipinski definition) is 2. The van der Waals surface area contributed by atoms with Gasteiger partial charge in [0.2, 0.25) is 5.76 Å². The van der Waals surface area contributed by atoms with E-state index in [4.69, 9.17) is 4.42 Å². The summed E-state index contributed by atoms with van der Waals surface area (Å²) in [6.45, 7) is 4.23. The van der Waals surface area contributed by atoms with Crippen molar-refractivity contribution in [1.29, 1.82) is 0 Å². The van der Waals surface area contributed by atoms with Crippen LogP contribution in [-0.4, -0.2) is 11.1 Å². The molecule has 0 radical (unpaired) electrons. The molecule has 2 aromatic carbocycles. The van der Waals surface area contributed by atoms with Crippen LogP contribution in [-0.2, 0) is 0 Å². The van der Waals surface area contributed by atoms with Gasteiger partial charge in [-0.05, 0) is 23.6 Å². The Morgan fingerprint density at radius 3 is 2.38 bits per heavy atom. The summed E-state index contributed by atoms with van der Waals surface area (Å²) in [6, 6.07) is 15.4. The number of carboxylic acid groups (broad SMARTS) is 1. The highest BCUT2D eigenvalue weighted by Gasteiger charge is 2.20. The van der Waals surface area contributed by atoms with Crippen molar-refractivity contribution in [3.05, 3.63) is 59.9 Å². The van der Waals surface area contributed by atoms with E-state index in [0.717, 1.165) is 16.5 Å². The smallest absolute Gasteiger partial charge is 0.372 e. The van der Waals surface area contributed by atoms with Crippen LogP contribution in [0.3, 0.4) is 0 Å². The Hall–Kier alpha value is -2.55. The Morgan fingerprint density at radius 2 is 1.76 bits per heavy atom. The maximum Gasteiger partial charge on any atom is 0.372 e. The van der Waals surface area contributed by atoms with E-state index in [1.807, 2.05) is 48.5 Å². The van der Waals surface area contributed by atoms with Gasteiger partial charge < -0.3 is 9.52 Å². The highest BCUT2D eigenvalue weighted by molar-refractivity contribution is 6.06. The third kappa shape index (κ3) is 2.31. The van der Waals surface area contributed by atoms with Crippen molar-refractivity contribution >= 4 is 16.7 Å². The lowest BCUT2D eigenvalue weighted by molar-refractivity contribution is 0.0666. The minimum atomic E-state index is -1.04. The predicted molar refractivity (Wildman–Crippen MR) is 82.7 cm³/mol. The summed E-state index contributed by atoms with van der Waals surface area (Å²) >= 11 is 0. The fourth-order valence-electron chi connectivity index (χ4n) is 2.48. The quantitative estimate of drug-likeness (QED) is 0.740. The topological polar surface area (TPSA) is 50.4 Å². The lowest BCUT2D eigenvalue weighted by Gasteiger charge is -2.05. The van der Waals surface area contributed by atoms with Crippen LogP contribution in [0.4, 0.5) is 0 Å². The minimum absolute atomic E-state index is 0.000779. The second kappa shape index (κ2) is 5.09. The second-order valence-electron chi connectivity index (χ2n) is 5.39. The SMILES string of the molecule is CC(C)c1ccc2c(C(=O)O)oc(-c3ccccc3)c2c1.